The van der Waals surface area contributed by atoms with Crippen LogP contribution in [0.1, 0.15) is 0 Å². The van der Waals surface area contributed by atoms with Gasteiger partial charge in [-0.25, -0.2) is 4.39 Å². The zero-order valence-electron chi connectivity index (χ0n) is 4.06. The number of rotatable bonds is 1. The summed E-state index contributed by atoms with van der Waals surface area (Å²) < 4.78 is 44.3. The number of aliphatic hydroxyl groups excluding tert-OH is 2. The molecule has 56 valence electrons. The van der Waals surface area contributed by atoms with Crippen LogP contribution in [0, 0.1) is 0 Å². The molecule has 0 aliphatic rings. The van der Waals surface area contributed by atoms with Crippen molar-refractivity contribution < 1.29 is 27.8 Å². The molecule has 0 radical (unpaired) electrons. The van der Waals surface area contributed by atoms with Gasteiger partial charge in [0.15, 0.2) is 0 Å². The van der Waals surface area contributed by atoms with Crippen molar-refractivity contribution in [1.29, 1.82) is 0 Å². The molecule has 2 atom stereocenters. The third-order valence-corrected chi connectivity index (χ3v) is 0.596. The Kier molecular flexibility index (Phi) is 2.39. The monoisotopic (exact) mass is 148 g/mol. The van der Waals surface area contributed by atoms with E-state index in [1.54, 1.807) is 0 Å². The van der Waals surface area contributed by atoms with Gasteiger partial charge in [-0.1, -0.05) is 0 Å². The Balaban J connectivity index is 3.88. The molecule has 0 amide bonds. The predicted octanol–water partition coefficient (Wildman–Crippen LogP) is 0.198. The molecular weight excluding hydrogens is 144 g/mol. The van der Waals surface area contributed by atoms with E-state index in [1.165, 1.54) is 0 Å². The van der Waals surface area contributed by atoms with Crippen molar-refractivity contribution in [2.75, 3.05) is 0 Å². The highest BCUT2D eigenvalue weighted by Gasteiger charge is 2.43. The molecule has 2 N–H and O–H groups in total. The lowest BCUT2D eigenvalue weighted by Crippen LogP contribution is -2.36. The van der Waals surface area contributed by atoms with Crippen molar-refractivity contribution in [1.82, 2.24) is 0 Å². The average molecular weight is 148 g/mol. The Morgan fingerprint density at radius 3 is 1.44 bits per heavy atom. The fourth-order valence-electron chi connectivity index (χ4n) is 0.156. The molecule has 0 aliphatic carbocycles. The number of hydrogen-bond acceptors (Lipinski definition) is 2. The SMILES string of the molecule is OC(F)C(O)C(F)(F)F. The molecular formula is C3H4F4O2. The van der Waals surface area contributed by atoms with Gasteiger partial charge in [0.05, 0.1) is 0 Å². The molecule has 0 spiro atoms. The fraction of sp³-hybridized carbons (Fsp3) is 1.00. The van der Waals surface area contributed by atoms with Crippen LogP contribution < -0.4 is 0 Å². The van der Waals surface area contributed by atoms with Crippen LogP contribution in [0.15, 0.2) is 0 Å². The fourth-order valence-corrected chi connectivity index (χ4v) is 0.156. The largest absolute Gasteiger partial charge is 0.419 e. The molecule has 0 aromatic heterocycles. The zero-order valence-corrected chi connectivity index (χ0v) is 4.06. The third-order valence-electron chi connectivity index (χ3n) is 0.596. The molecule has 6 heteroatoms. The highest BCUT2D eigenvalue weighted by molar-refractivity contribution is 4.65. The molecule has 0 bridgehead atoms. The minimum atomic E-state index is -5.09. The zero-order chi connectivity index (χ0) is 7.65. The van der Waals surface area contributed by atoms with E-state index >= 15 is 0 Å². The Hall–Kier alpha value is -0.360. The lowest BCUT2D eigenvalue weighted by molar-refractivity contribution is -0.249. The van der Waals surface area contributed by atoms with E-state index in [-0.39, 0.29) is 0 Å². The summed E-state index contributed by atoms with van der Waals surface area (Å²) in [6.07, 6.45) is -11.6. The van der Waals surface area contributed by atoms with E-state index in [0.29, 0.717) is 0 Å². The van der Waals surface area contributed by atoms with Crippen LogP contribution in [0.3, 0.4) is 0 Å². The smallest absolute Gasteiger partial charge is 0.379 e. The second-order valence-electron chi connectivity index (χ2n) is 1.36. The van der Waals surface area contributed by atoms with Gasteiger partial charge in [-0.2, -0.15) is 13.2 Å². The maximum absolute atomic E-state index is 11.2. The van der Waals surface area contributed by atoms with E-state index in [2.05, 4.69) is 0 Å². The molecule has 0 saturated carbocycles. The van der Waals surface area contributed by atoms with Crippen LogP contribution in [0.5, 0.6) is 0 Å². The number of aliphatic hydroxyl groups is 2. The van der Waals surface area contributed by atoms with Crippen LogP contribution >= 0.6 is 0 Å². The topological polar surface area (TPSA) is 40.5 Å². The molecule has 0 fully saturated rings. The molecule has 0 heterocycles. The molecule has 2 unspecified atom stereocenters. The van der Waals surface area contributed by atoms with Gasteiger partial charge < -0.3 is 10.2 Å². The van der Waals surface area contributed by atoms with E-state index in [1.807, 2.05) is 0 Å². The van der Waals surface area contributed by atoms with Crippen LogP contribution in [-0.4, -0.2) is 28.9 Å². The predicted molar refractivity (Wildman–Crippen MR) is 19.2 cm³/mol. The standard InChI is InChI=1S/C3H4F4O2/c4-2(9)1(8)3(5,6)7/h1-2,8-9H. The number of hydrogen-bond donors (Lipinski definition) is 2. The first kappa shape index (κ1) is 8.64. The first-order valence-electron chi connectivity index (χ1n) is 1.92. The van der Waals surface area contributed by atoms with Crippen molar-refractivity contribution in [3.63, 3.8) is 0 Å². The summed E-state index contributed by atoms with van der Waals surface area (Å²) in [4.78, 5) is 0. The van der Waals surface area contributed by atoms with Crippen LogP contribution in [-0.2, 0) is 0 Å². The average Bonchev–Trinajstić information content (AvgIpc) is 1.62. The molecule has 0 aromatic carbocycles. The summed E-state index contributed by atoms with van der Waals surface area (Å²) in [5.41, 5.74) is 0. The van der Waals surface area contributed by atoms with Gasteiger partial charge >= 0.3 is 6.18 Å². The van der Waals surface area contributed by atoms with Gasteiger partial charge in [0, 0.05) is 0 Å². The lowest BCUT2D eigenvalue weighted by Gasteiger charge is -2.13. The molecule has 0 rings (SSSR count). The van der Waals surface area contributed by atoms with Crippen molar-refractivity contribution in [3.8, 4) is 0 Å². The van der Waals surface area contributed by atoms with Crippen molar-refractivity contribution in [2.45, 2.75) is 18.6 Å². The maximum atomic E-state index is 11.2. The number of alkyl halides is 4. The van der Waals surface area contributed by atoms with E-state index in [0.717, 1.165) is 0 Å². The summed E-state index contributed by atoms with van der Waals surface area (Å²) >= 11 is 0. The molecule has 0 aliphatic heterocycles. The Morgan fingerprint density at radius 1 is 1.11 bits per heavy atom. The summed E-state index contributed by atoms with van der Waals surface area (Å²) in [7, 11) is 0. The van der Waals surface area contributed by atoms with Crippen LogP contribution in [0.25, 0.3) is 0 Å². The summed E-state index contributed by atoms with van der Waals surface area (Å²) in [5.74, 6) is 0. The van der Waals surface area contributed by atoms with E-state index < -0.39 is 18.6 Å². The van der Waals surface area contributed by atoms with Gasteiger partial charge in [-0.3, -0.25) is 0 Å². The van der Waals surface area contributed by atoms with Crippen molar-refractivity contribution >= 4 is 0 Å². The second kappa shape index (κ2) is 2.49. The van der Waals surface area contributed by atoms with Gasteiger partial charge in [0.25, 0.3) is 0 Å². The molecule has 2 nitrogen and oxygen atoms in total. The minimum absolute atomic E-state index is 3.26. The van der Waals surface area contributed by atoms with Gasteiger partial charge in [-0.05, 0) is 0 Å². The quantitative estimate of drug-likeness (QED) is 0.521. The Bertz CT molecular complexity index is 88.3. The highest BCUT2D eigenvalue weighted by atomic mass is 19.4. The maximum Gasteiger partial charge on any atom is 0.419 e. The van der Waals surface area contributed by atoms with Crippen LogP contribution in [0.4, 0.5) is 17.6 Å². The van der Waals surface area contributed by atoms with Gasteiger partial charge in [0.1, 0.15) is 0 Å². The first-order valence-corrected chi connectivity index (χ1v) is 1.92. The lowest BCUT2D eigenvalue weighted by atomic mass is 10.3. The molecule has 9 heavy (non-hydrogen) atoms. The van der Waals surface area contributed by atoms with E-state index in [9.17, 15) is 17.6 Å². The molecule has 0 saturated heterocycles. The first-order chi connectivity index (χ1) is 3.85. The highest BCUT2D eigenvalue weighted by Crippen LogP contribution is 2.22. The minimum Gasteiger partial charge on any atom is -0.379 e. The Labute approximate surface area is 47.7 Å². The second-order valence-corrected chi connectivity index (χ2v) is 1.36. The van der Waals surface area contributed by atoms with Crippen molar-refractivity contribution in [3.05, 3.63) is 0 Å². The van der Waals surface area contributed by atoms with Crippen LogP contribution in [0.2, 0.25) is 0 Å². The third kappa shape index (κ3) is 2.62. The summed E-state index contributed by atoms with van der Waals surface area (Å²) in [6.45, 7) is 0. The van der Waals surface area contributed by atoms with E-state index in [4.69, 9.17) is 10.2 Å². The van der Waals surface area contributed by atoms with Gasteiger partial charge in [0.2, 0.25) is 12.5 Å². The Morgan fingerprint density at radius 2 is 1.44 bits per heavy atom. The normalized spacial score (nSPS) is 19.3. The van der Waals surface area contributed by atoms with Crippen molar-refractivity contribution in [2.24, 2.45) is 0 Å². The summed E-state index contributed by atoms with van der Waals surface area (Å²) in [5, 5.41) is 15.2. The van der Waals surface area contributed by atoms with Gasteiger partial charge in [-0.15, -0.1) is 0 Å². The number of halogens is 4. The molecule has 0 aromatic rings. The summed E-state index contributed by atoms with van der Waals surface area (Å²) in [6, 6.07) is 0.